The maximum absolute atomic E-state index is 5.31. The van der Waals surface area contributed by atoms with Crippen LogP contribution in [0, 0.1) is 0 Å². The van der Waals surface area contributed by atoms with Gasteiger partial charge in [0, 0.05) is 19.1 Å². The number of hydrogen-bond donors (Lipinski definition) is 3. The zero-order valence-electron chi connectivity index (χ0n) is 18.0. The minimum absolute atomic E-state index is 0.421. The summed E-state index contributed by atoms with van der Waals surface area (Å²) in [5.74, 6) is 2.56. The van der Waals surface area contributed by atoms with Crippen molar-refractivity contribution < 1.29 is 4.74 Å². The molecule has 1 fully saturated rings. The smallest absolute Gasteiger partial charge is 0.229 e. The number of hydrogen-bond acceptors (Lipinski definition) is 7. The standard InChI is InChI=1S/C24H30N6O/c1-31-21-14-8-11-19(15-21)17-26-23-28-22(25-16-18-9-4-2-5-10-18)29-24(30-23)27-20-12-6-3-7-13-20/h2,4-5,8-11,14-15,20H,3,6-7,12-13,16-17H2,1H3,(H3,25,26,27,28,29,30). The lowest BCUT2D eigenvalue weighted by Gasteiger charge is -2.23. The summed E-state index contributed by atoms with van der Waals surface area (Å²) in [6.45, 7) is 1.26. The molecule has 7 heteroatoms. The molecule has 31 heavy (non-hydrogen) atoms. The van der Waals surface area contributed by atoms with E-state index in [1.54, 1.807) is 7.11 Å². The van der Waals surface area contributed by atoms with Crippen molar-refractivity contribution in [1.82, 2.24) is 15.0 Å². The molecule has 2 aromatic carbocycles. The molecule has 0 unspecified atom stereocenters. The minimum Gasteiger partial charge on any atom is -0.497 e. The molecule has 1 saturated carbocycles. The number of benzene rings is 2. The molecule has 0 saturated heterocycles. The van der Waals surface area contributed by atoms with Gasteiger partial charge in [0.2, 0.25) is 17.8 Å². The fourth-order valence-electron chi connectivity index (χ4n) is 3.77. The first kappa shape index (κ1) is 20.9. The highest BCUT2D eigenvalue weighted by Crippen LogP contribution is 2.21. The van der Waals surface area contributed by atoms with E-state index in [2.05, 4.69) is 43.0 Å². The molecule has 0 bridgehead atoms. The second kappa shape index (κ2) is 10.6. The fraction of sp³-hybridized carbons (Fsp3) is 0.375. The van der Waals surface area contributed by atoms with Crippen molar-refractivity contribution in [2.24, 2.45) is 0 Å². The molecule has 3 N–H and O–H groups in total. The molecule has 162 valence electrons. The average molecular weight is 419 g/mol. The molecule has 1 aliphatic rings. The Balaban J connectivity index is 1.48. The summed E-state index contributed by atoms with van der Waals surface area (Å²) in [5.41, 5.74) is 2.27. The van der Waals surface area contributed by atoms with Gasteiger partial charge in [0.15, 0.2) is 0 Å². The first-order chi connectivity index (χ1) is 15.3. The van der Waals surface area contributed by atoms with E-state index < -0.39 is 0 Å². The lowest BCUT2D eigenvalue weighted by Crippen LogP contribution is -2.24. The van der Waals surface area contributed by atoms with Gasteiger partial charge >= 0.3 is 0 Å². The van der Waals surface area contributed by atoms with E-state index in [1.165, 1.54) is 24.8 Å². The number of methoxy groups -OCH3 is 1. The lowest BCUT2D eigenvalue weighted by molar-refractivity contribution is 0.414. The van der Waals surface area contributed by atoms with E-state index >= 15 is 0 Å². The molecule has 7 nitrogen and oxygen atoms in total. The molecule has 4 rings (SSSR count). The van der Waals surface area contributed by atoms with Crippen LogP contribution in [-0.2, 0) is 13.1 Å². The second-order valence-corrected chi connectivity index (χ2v) is 7.83. The van der Waals surface area contributed by atoms with Crippen molar-refractivity contribution >= 4 is 17.8 Å². The predicted molar refractivity (Wildman–Crippen MR) is 124 cm³/mol. The molecule has 0 amide bonds. The van der Waals surface area contributed by atoms with Gasteiger partial charge in [0.05, 0.1) is 7.11 Å². The lowest BCUT2D eigenvalue weighted by atomic mass is 9.96. The van der Waals surface area contributed by atoms with E-state index in [0.29, 0.717) is 37.0 Å². The largest absolute Gasteiger partial charge is 0.497 e. The summed E-state index contributed by atoms with van der Waals surface area (Å²) in [4.78, 5) is 13.8. The van der Waals surface area contributed by atoms with Crippen molar-refractivity contribution in [3.8, 4) is 5.75 Å². The van der Waals surface area contributed by atoms with Gasteiger partial charge in [0.1, 0.15) is 5.75 Å². The normalized spacial score (nSPS) is 14.1. The number of rotatable bonds is 9. The van der Waals surface area contributed by atoms with Crippen molar-refractivity contribution in [3.63, 3.8) is 0 Å². The molecule has 0 radical (unpaired) electrons. The van der Waals surface area contributed by atoms with Crippen molar-refractivity contribution in [1.29, 1.82) is 0 Å². The van der Waals surface area contributed by atoms with Crippen LogP contribution < -0.4 is 20.7 Å². The Kier molecular flexibility index (Phi) is 7.16. The van der Waals surface area contributed by atoms with E-state index in [4.69, 9.17) is 4.74 Å². The number of aromatic nitrogens is 3. The van der Waals surface area contributed by atoms with Gasteiger partial charge in [-0.05, 0) is 36.1 Å². The zero-order valence-corrected chi connectivity index (χ0v) is 18.0. The van der Waals surface area contributed by atoms with Gasteiger partial charge in [-0.1, -0.05) is 61.7 Å². The van der Waals surface area contributed by atoms with Crippen LogP contribution in [0.4, 0.5) is 17.8 Å². The van der Waals surface area contributed by atoms with Gasteiger partial charge < -0.3 is 20.7 Å². The summed E-state index contributed by atoms with van der Waals surface area (Å²) >= 11 is 0. The third-order valence-electron chi connectivity index (χ3n) is 5.45. The summed E-state index contributed by atoms with van der Waals surface area (Å²) in [6.07, 6.45) is 6.13. The monoisotopic (exact) mass is 418 g/mol. The zero-order chi connectivity index (χ0) is 21.3. The molecular formula is C24H30N6O. The fourth-order valence-corrected chi connectivity index (χ4v) is 3.77. The summed E-state index contributed by atoms with van der Waals surface area (Å²) in [6, 6.07) is 18.6. The van der Waals surface area contributed by atoms with Crippen molar-refractivity contribution in [2.75, 3.05) is 23.1 Å². The Morgan fingerprint density at radius 2 is 1.42 bits per heavy atom. The topological polar surface area (TPSA) is 84.0 Å². The SMILES string of the molecule is COc1cccc(CNc2nc(NCc3ccccc3)nc(NC3CCCCC3)n2)c1. The van der Waals surface area contributed by atoms with Gasteiger partial charge in [-0.25, -0.2) is 0 Å². The average Bonchev–Trinajstić information content (AvgIpc) is 2.83. The Labute approximate surface area is 183 Å². The number of anilines is 3. The van der Waals surface area contributed by atoms with Gasteiger partial charge in [-0.15, -0.1) is 0 Å². The quantitative estimate of drug-likeness (QED) is 0.458. The molecule has 1 aromatic heterocycles. The Hall–Kier alpha value is -3.35. The third kappa shape index (κ3) is 6.31. The van der Waals surface area contributed by atoms with Crippen LogP contribution in [0.2, 0.25) is 0 Å². The van der Waals surface area contributed by atoms with Gasteiger partial charge in [-0.3, -0.25) is 0 Å². The van der Waals surface area contributed by atoms with Crippen LogP contribution >= 0.6 is 0 Å². The first-order valence-electron chi connectivity index (χ1n) is 11.0. The van der Waals surface area contributed by atoms with Crippen molar-refractivity contribution in [2.45, 2.75) is 51.2 Å². The van der Waals surface area contributed by atoms with Crippen LogP contribution in [0.25, 0.3) is 0 Å². The number of nitrogens with zero attached hydrogens (tertiary/aromatic N) is 3. The summed E-state index contributed by atoms with van der Waals surface area (Å²) in [5, 5.41) is 10.2. The molecule has 3 aromatic rings. The molecule has 0 atom stereocenters. The highest BCUT2D eigenvalue weighted by atomic mass is 16.5. The molecule has 1 heterocycles. The predicted octanol–water partition coefficient (Wildman–Crippen LogP) is 4.85. The van der Waals surface area contributed by atoms with Gasteiger partial charge in [-0.2, -0.15) is 15.0 Å². The molecule has 1 aliphatic carbocycles. The highest BCUT2D eigenvalue weighted by molar-refractivity contribution is 5.44. The Bertz CT molecular complexity index is 959. The van der Waals surface area contributed by atoms with Crippen LogP contribution in [0.5, 0.6) is 5.75 Å². The van der Waals surface area contributed by atoms with Crippen molar-refractivity contribution in [3.05, 3.63) is 65.7 Å². The Morgan fingerprint density at radius 1 is 0.774 bits per heavy atom. The first-order valence-corrected chi connectivity index (χ1v) is 11.0. The highest BCUT2D eigenvalue weighted by Gasteiger charge is 2.15. The van der Waals surface area contributed by atoms with Crippen LogP contribution in [0.3, 0.4) is 0 Å². The summed E-state index contributed by atoms with van der Waals surface area (Å²) < 4.78 is 5.31. The van der Waals surface area contributed by atoms with Crippen LogP contribution in [0.15, 0.2) is 54.6 Å². The number of ether oxygens (including phenoxy) is 1. The molecular weight excluding hydrogens is 388 g/mol. The molecule has 0 spiro atoms. The molecule has 0 aliphatic heterocycles. The van der Waals surface area contributed by atoms with Crippen LogP contribution in [0.1, 0.15) is 43.2 Å². The maximum Gasteiger partial charge on any atom is 0.229 e. The summed E-state index contributed by atoms with van der Waals surface area (Å²) in [7, 11) is 1.67. The third-order valence-corrected chi connectivity index (χ3v) is 5.45. The van der Waals surface area contributed by atoms with Gasteiger partial charge in [0.25, 0.3) is 0 Å². The van der Waals surface area contributed by atoms with E-state index in [-0.39, 0.29) is 0 Å². The maximum atomic E-state index is 5.31. The number of nitrogens with one attached hydrogen (secondary N) is 3. The minimum atomic E-state index is 0.421. The second-order valence-electron chi connectivity index (χ2n) is 7.83. The van der Waals surface area contributed by atoms with Crippen LogP contribution in [-0.4, -0.2) is 28.1 Å². The Morgan fingerprint density at radius 3 is 2.13 bits per heavy atom. The van der Waals surface area contributed by atoms with E-state index in [1.807, 2.05) is 42.5 Å². The van der Waals surface area contributed by atoms with E-state index in [9.17, 15) is 0 Å². The van der Waals surface area contributed by atoms with E-state index in [0.717, 1.165) is 24.2 Å².